The van der Waals surface area contributed by atoms with Gasteiger partial charge in [-0.05, 0) is 0 Å². The fourth-order valence-electron chi connectivity index (χ4n) is 0. The predicted molar refractivity (Wildman–Crippen MR) is 17.6 cm³/mol. The second kappa shape index (κ2) is 10.6. The first-order chi connectivity index (χ1) is 3.46. The molecule has 9 heteroatoms. The van der Waals surface area contributed by atoms with Gasteiger partial charge in [0.1, 0.15) is 0 Å². The monoisotopic (exact) mass is 295 g/mol. The van der Waals surface area contributed by atoms with Crippen LogP contribution in [0.5, 0.6) is 0 Å². The Kier molecular flexibility index (Phi) is 18.6. The first-order valence-electron chi connectivity index (χ1n) is 1.13. The Morgan fingerprint density at radius 3 is 1.00 bits per heavy atom. The molecule has 0 amide bonds. The third-order valence-corrected chi connectivity index (χ3v) is 0. The van der Waals surface area contributed by atoms with Gasteiger partial charge in [0, 0.05) is 36.9 Å². The molecule has 0 unspecified atom stereocenters. The van der Waals surface area contributed by atoms with Gasteiger partial charge in [-0.25, -0.2) is 0 Å². The van der Waals surface area contributed by atoms with Crippen LogP contribution in [0.15, 0.2) is 0 Å². The summed E-state index contributed by atoms with van der Waals surface area (Å²) in [5.74, 6) is 0. The number of rotatable bonds is 0. The zero-order valence-electron chi connectivity index (χ0n) is 3.70. The van der Waals surface area contributed by atoms with Crippen LogP contribution in [0.3, 0.4) is 0 Å². The molecular formula is H2N2O6Tm. The third-order valence-electron chi connectivity index (χ3n) is 0. The molecule has 0 aliphatic heterocycles. The largest absolute Gasteiger partial charge is 0.328 e. The van der Waals surface area contributed by atoms with Gasteiger partial charge in [-0.15, -0.1) is 20.2 Å². The molecule has 1 radical (unpaired) electrons. The summed E-state index contributed by atoms with van der Waals surface area (Å²) in [4.78, 5) is 16.7. The minimum Gasteiger partial charge on any atom is -0.328 e. The van der Waals surface area contributed by atoms with Crippen molar-refractivity contribution in [3.8, 4) is 0 Å². The summed E-state index contributed by atoms with van der Waals surface area (Å²) in [5.41, 5.74) is 0. The maximum Gasteiger partial charge on any atom is 0.291 e. The van der Waals surface area contributed by atoms with Gasteiger partial charge in [-0.3, -0.25) is 0 Å². The summed E-state index contributed by atoms with van der Waals surface area (Å²) < 4.78 is 0. The Labute approximate surface area is 77.5 Å². The maximum absolute atomic E-state index is 8.36. The summed E-state index contributed by atoms with van der Waals surface area (Å²) >= 11 is 0. The molecule has 0 atom stereocenters. The summed E-state index contributed by atoms with van der Waals surface area (Å²) in [5, 5.41) is 27.3. The van der Waals surface area contributed by atoms with Crippen LogP contribution in [-0.2, 0) is 0 Å². The van der Waals surface area contributed by atoms with Gasteiger partial charge >= 0.3 is 0 Å². The summed E-state index contributed by atoms with van der Waals surface area (Å²) in [6.07, 6.45) is 0. The van der Waals surface area contributed by atoms with E-state index >= 15 is 0 Å². The fraction of sp³-hybridized carbons (Fsp3) is 0. The van der Waals surface area contributed by atoms with E-state index < -0.39 is 10.2 Å². The van der Waals surface area contributed by atoms with Gasteiger partial charge < -0.3 is 10.4 Å². The standard InChI is InChI=1S/2HNO3.Tm/c2*2-1(3)4;/h2*(H,2,3,4);. The van der Waals surface area contributed by atoms with E-state index in [1.807, 2.05) is 0 Å². The zero-order chi connectivity index (χ0) is 7.15. The molecule has 2 N–H and O–H groups in total. The van der Waals surface area contributed by atoms with Crippen LogP contribution in [0.4, 0.5) is 0 Å². The van der Waals surface area contributed by atoms with Crippen LogP contribution in [0.25, 0.3) is 0 Å². The van der Waals surface area contributed by atoms with Crippen LogP contribution < -0.4 is 0 Å². The minimum absolute atomic E-state index is 0. The molecule has 0 rings (SSSR count). The fourth-order valence-corrected chi connectivity index (χ4v) is 0. The van der Waals surface area contributed by atoms with Gasteiger partial charge in [0.2, 0.25) is 0 Å². The molecule has 9 heavy (non-hydrogen) atoms. The van der Waals surface area contributed by atoms with Crippen molar-refractivity contribution in [2.24, 2.45) is 0 Å². The molecule has 0 bridgehead atoms. The number of hydrogen-bond donors (Lipinski definition) is 2. The predicted octanol–water partition coefficient (Wildman–Crippen LogP) is -0.695. The molecule has 0 aliphatic carbocycles. The smallest absolute Gasteiger partial charge is 0.291 e. The molecule has 0 saturated heterocycles. The summed E-state index contributed by atoms with van der Waals surface area (Å²) in [6, 6.07) is 0. The van der Waals surface area contributed by atoms with Gasteiger partial charge in [0.15, 0.2) is 0 Å². The van der Waals surface area contributed by atoms with Crippen molar-refractivity contribution < 1.29 is 57.5 Å². The van der Waals surface area contributed by atoms with Crippen molar-refractivity contribution in [2.45, 2.75) is 0 Å². The Morgan fingerprint density at radius 2 is 1.00 bits per heavy atom. The van der Waals surface area contributed by atoms with E-state index in [-0.39, 0.29) is 36.9 Å². The van der Waals surface area contributed by atoms with E-state index in [1.54, 1.807) is 0 Å². The summed E-state index contributed by atoms with van der Waals surface area (Å²) in [6.45, 7) is 0. The van der Waals surface area contributed by atoms with Gasteiger partial charge in [0.25, 0.3) is 10.2 Å². The van der Waals surface area contributed by atoms with Gasteiger partial charge in [-0.1, -0.05) is 0 Å². The maximum atomic E-state index is 8.36. The van der Waals surface area contributed by atoms with Crippen LogP contribution in [0.2, 0.25) is 0 Å². The second-order valence-corrected chi connectivity index (χ2v) is 0.476. The average molecular weight is 295 g/mol. The van der Waals surface area contributed by atoms with E-state index in [0.29, 0.717) is 0 Å². The van der Waals surface area contributed by atoms with Crippen molar-refractivity contribution in [3.05, 3.63) is 20.2 Å². The van der Waals surface area contributed by atoms with E-state index in [9.17, 15) is 0 Å². The van der Waals surface area contributed by atoms with Crippen LogP contribution in [0.1, 0.15) is 0 Å². The SMILES string of the molecule is O=[N+]([O-])O.O=[N+]([O-])O.[Tm]. The zero-order valence-corrected chi connectivity index (χ0v) is 5.48. The Morgan fingerprint density at radius 1 is 1.00 bits per heavy atom. The van der Waals surface area contributed by atoms with E-state index in [0.717, 1.165) is 0 Å². The Bertz CT molecular complexity index is 69.1. The second-order valence-electron chi connectivity index (χ2n) is 0.476. The van der Waals surface area contributed by atoms with Crippen molar-refractivity contribution in [3.63, 3.8) is 0 Å². The molecule has 0 spiro atoms. The molecular weight excluding hydrogens is 293 g/mol. The van der Waals surface area contributed by atoms with Gasteiger partial charge in [-0.2, -0.15) is 0 Å². The van der Waals surface area contributed by atoms with Crippen LogP contribution >= 0.6 is 0 Å². The molecule has 0 aliphatic rings. The Hall–Kier alpha value is -0.366. The van der Waals surface area contributed by atoms with Gasteiger partial charge in [0.05, 0.1) is 0 Å². The molecule has 0 saturated carbocycles. The minimum atomic E-state index is -1.50. The van der Waals surface area contributed by atoms with Crippen molar-refractivity contribution in [2.75, 3.05) is 0 Å². The van der Waals surface area contributed by atoms with Crippen molar-refractivity contribution in [1.29, 1.82) is 0 Å². The van der Waals surface area contributed by atoms with Crippen molar-refractivity contribution >= 4 is 0 Å². The molecule has 0 fully saturated rings. The van der Waals surface area contributed by atoms with E-state index in [4.69, 9.17) is 30.6 Å². The molecule has 8 nitrogen and oxygen atoms in total. The Balaban J connectivity index is -0.0000000720. The molecule has 0 aromatic rings. The molecule has 61 valence electrons. The average Bonchev–Trinajstić information content (AvgIpc) is 1.25. The van der Waals surface area contributed by atoms with Crippen LogP contribution in [-0.4, -0.2) is 20.6 Å². The molecule has 0 aromatic carbocycles. The normalized spacial score (nSPS) is 5.33. The van der Waals surface area contributed by atoms with Crippen molar-refractivity contribution in [1.82, 2.24) is 0 Å². The van der Waals surface area contributed by atoms with E-state index in [1.165, 1.54) is 0 Å². The van der Waals surface area contributed by atoms with Crippen LogP contribution in [0, 0.1) is 57.1 Å². The topological polar surface area (TPSA) is 127 Å². The third kappa shape index (κ3) is 1810. The van der Waals surface area contributed by atoms with E-state index in [2.05, 4.69) is 0 Å². The number of hydrogen-bond acceptors (Lipinski definition) is 4. The molecule has 0 aromatic heterocycles. The first-order valence-corrected chi connectivity index (χ1v) is 1.13. The first kappa shape index (κ1) is 15.9. The summed E-state index contributed by atoms with van der Waals surface area (Å²) in [7, 11) is 0. The quantitative estimate of drug-likeness (QED) is 0.449. The number of nitrogens with zero attached hydrogens (tertiary/aromatic N) is 2. The molecule has 0 heterocycles.